The molecule has 4 heteroatoms. The number of hydrogen-bond donors (Lipinski definition) is 1. The van der Waals surface area contributed by atoms with Crippen LogP contribution in [0.25, 0.3) is 0 Å². The van der Waals surface area contributed by atoms with Crippen LogP contribution in [0.5, 0.6) is 0 Å². The molecule has 0 atom stereocenters. The lowest BCUT2D eigenvalue weighted by atomic mass is 9.87. The maximum absolute atomic E-state index is 12.6. The van der Waals surface area contributed by atoms with Gasteiger partial charge < -0.3 is 5.32 Å². The molecule has 0 radical (unpaired) electrons. The van der Waals surface area contributed by atoms with E-state index in [1.165, 1.54) is 25.0 Å². The minimum Gasteiger partial charge on any atom is -0.310 e. The Morgan fingerprint density at radius 3 is 2.47 bits per heavy atom. The molecule has 19 heavy (non-hydrogen) atoms. The summed E-state index contributed by atoms with van der Waals surface area (Å²) in [5.41, 5.74) is 0.137. The van der Waals surface area contributed by atoms with Crippen LogP contribution in [-0.2, 0) is 12.7 Å². The highest BCUT2D eigenvalue weighted by molar-refractivity contribution is 5.25. The molecule has 1 aliphatic carbocycles. The Morgan fingerprint density at radius 1 is 1.16 bits per heavy atom. The predicted molar refractivity (Wildman–Crippen MR) is 69.7 cm³/mol. The Balaban J connectivity index is 1.89. The van der Waals surface area contributed by atoms with E-state index < -0.39 is 11.7 Å². The molecular weight excluding hydrogens is 251 g/mol. The standard InChI is InChI=1S/C15H20F3N/c1-11-5-7-14(8-6-11)19-10-12-3-2-4-13(9-12)15(16,17)18/h2-4,9,11,14,19H,5-8,10H2,1H3. The monoisotopic (exact) mass is 271 g/mol. The van der Waals surface area contributed by atoms with E-state index in [9.17, 15) is 13.2 Å². The van der Waals surface area contributed by atoms with Crippen molar-refractivity contribution in [2.45, 2.75) is 51.4 Å². The molecule has 1 fully saturated rings. The molecule has 106 valence electrons. The summed E-state index contributed by atoms with van der Waals surface area (Å²) in [5.74, 6) is 0.784. The molecule has 1 saturated carbocycles. The summed E-state index contributed by atoms with van der Waals surface area (Å²) in [7, 11) is 0. The number of nitrogens with one attached hydrogen (secondary N) is 1. The molecule has 1 nitrogen and oxygen atoms in total. The van der Waals surface area contributed by atoms with E-state index in [-0.39, 0.29) is 0 Å². The lowest BCUT2D eigenvalue weighted by molar-refractivity contribution is -0.137. The Bertz CT molecular complexity index is 406. The smallest absolute Gasteiger partial charge is 0.310 e. The molecule has 0 spiro atoms. The Hall–Kier alpha value is -1.03. The van der Waals surface area contributed by atoms with Crippen LogP contribution in [0, 0.1) is 5.92 Å². The predicted octanol–water partition coefficient (Wildman–Crippen LogP) is 4.37. The molecular formula is C15H20F3N. The first-order chi connectivity index (χ1) is 8.95. The van der Waals surface area contributed by atoms with Crippen LogP contribution in [0.4, 0.5) is 13.2 Å². The minimum atomic E-state index is -4.25. The van der Waals surface area contributed by atoms with Crippen molar-refractivity contribution in [3.05, 3.63) is 35.4 Å². The molecule has 1 aliphatic rings. The average Bonchev–Trinajstić information content (AvgIpc) is 2.37. The zero-order chi connectivity index (χ0) is 13.9. The van der Waals surface area contributed by atoms with Crippen molar-refractivity contribution in [3.63, 3.8) is 0 Å². The van der Waals surface area contributed by atoms with Gasteiger partial charge in [-0.3, -0.25) is 0 Å². The molecule has 0 aromatic heterocycles. The number of hydrogen-bond acceptors (Lipinski definition) is 1. The SMILES string of the molecule is CC1CCC(NCc2cccc(C(F)(F)F)c2)CC1. The Morgan fingerprint density at radius 2 is 1.84 bits per heavy atom. The second kappa shape index (κ2) is 5.95. The van der Waals surface area contributed by atoms with Gasteiger partial charge in [-0.05, 0) is 43.2 Å². The molecule has 0 aliphatic heterocycles. The second-order valence-electron chi connectivity index (χ2n) is 5.54. The average molecular weight is 271 g/mol. The molecule has 0 amide bonds. The quantitative estimate of drug-likeness (QED) is 0.860. The summed E-state index contributed by atoms with van der Waals surface area (Å²) in [4.78, 5) is 0. The van der Waals surface area contributed by atoms with Gasteiger partial charge >= 0.3 is 6.18 Å². The van der Waals surface area contributed by atoms with Crippen LogP contribution in [0.1, 0.15) is 43.7 Å². The van der Waals surface area contributed by atoms with Gasteiger partial charge in [0.25, 0.3) is 0 Å². The summed E-state index contributed by atoms with van der Waals surface area (Å²) in [6.07, 6.45) is 0.414. The van der Waals surface area contributed by atoms with Gasteiger partial charge in [-0.1, -0.05) is 25.1 Å². The largest absolute Gasteiger partial charge is 0.416 e. The lowest BCUT2D eigenvalue weighted by Gasteiger charge is -2.27. The Kier molecular flexibility index (Phi) is 4.50. The molecule has 1 N–H and O–H groups in total. The zero-order valence-electron chi connectivity index (χ0n) is 11.1. The number of rotatable bonds is 3. The number of benzene rings is 1. The van der Waals surface area contributed by atoms with Crippen LogP contribution in [0.15, 0.2) is 24.3 Å². The summed E-state index contributed by atoms with van der Waals surface area (Å²) < 4.78 is 37.8. The molecule has 0 heterocycles. The van der Waals surface area contributed by atoms with Gasteiger partial charge in [0.1, 0.15) is 0 Å². The van der Waals surface area contributed by atoms with E-state index in [0.717, 1.165) is 24.8 Å². The van der Waals surface area contributed by atoms with E-state index in [0.29, 0.717) is 18.2 Å². The van der Waals surface area contributed by atoms with Gasteiger partial charge in [0.15, 0.2) is 0 Å². The van der Waals surface area contributed by atoms with Crippen LogP contribution in [0.2, 0.25) is 0 Å². The lowest BCUT2D eigenvalue weighted by Crippen LogP contribution is -2.32. The second-order valence-corrected chi connectivity index (χ2v) is 5.54. The van der Waals surface area contributed by atoms with Gasteiger partial charge in [0.05, 0.1) is 5.56 Å². The maximum Gasteiger partial charge on any atom is 0.416 e. The first-order valence-electron chi connectivity index (χ1n) is 6.84. The van der Waals surface area contributed by atoms with E-state index in [1.807, 2.05) is 0 Å². The van der Waals surface area contributed by atoms with Gasteiger partial charge in [0, 0.05) is 12.6 Å². The maximum atomic E-state index is 12.6. The van der Waals surface area contributed by atoms with Gasteiger partial charge in [-0.15, -0.1) is 0 Å². The van der Waals surface area contributed by atoms with Crippen molar-refractivity contribution in [2.75, 3.05) is 0 Å². The van der Waals surface area contributed by atoms with Crippen molar-refractivity contribution in [1.29, 1.82) is 0 Å². The molecule has 0 bridgehead atoms. The summed E-state index contributed by atoms with van der Waals surface area (Å²) >= 11 is 0. The van der Waals surface area contributed by atoms with Crippen molar-refractivity contribution >= 4 is 0 Å². The molecule has 0 unspecified atom stereocenters. The van der Waals surface area contributed by atoms with Gasteiger partial charge in [-0.2, -0.15) is 13.2 Å². The van der Waals surface area contributed by atoms with Crippen molar-refractivity contribution < 1.29 is 13.2 Å². The van der Waals surface area contributed by atoms with E-state index in [2.05, 4.69) is 12.2 Å². The molecule has 0 saturated heterocycles. The molecule has 2 rings (SSSR count). The van der Waals surface area contributed by atoms with E-state index in [1.54, 1.807) is 6.07 Å². The van der Waals surface area contributed by atoms with Crippen LogP contribution >= 0.6 is 0 Å². The summed E-state index contributed by atoms with van der Waals surface area (Å²) in [6.45, 7) is 2.77. The van der Waals surface area contributed by atoms with Crippen molar-refractivity contribution in [1.82, 2.24) is 5.32 Å². The highest BCUT2D eigenvalue weighted by atomic mass is 19.4. The van der Waals surface area contributed by atoms with E-state index in [4.69, 9.17) is 0 Å². The fourth-order valence-electron chi connectivity index (χ4n) is 2.58. The summed E-state index contributed by atoms with van der Waals surface area (Å²) in [5, 5.41) is 3.37. The fourth-order valence-corrected chi connectivity index (χ4v) is 2.58. The third kappa shape index (κ3) is 4.23. The van der Waals surface area contributed by atoms with Crippen LogP contribution in [-0.4, -0.2) is 6.04 Å². The first kappa shape index (κ1) is 14.4. The van der Waals surface area contributed by atoms with Crippen LogP contribution in [0.3, 0.4) is 0 Å². The Labute approximate surface area is 112 Å². The first-order valence-corrected chi connectivity index (χ1v) is 6.84. The number of halogens is 3. The number of alkyl halides is 3. The highest BCUT2D eigenvalue weighted by Crippen LogP contribution is 2.29. The van der Waals surface area contributed by atoms with Gasteiger partial charge in [0.2, 0.25) is 0 Å². The molecule has 1 aromatic carbocycles. The van der Waals surface area contributed by atoms with Gasteiger partial charge in [-0.25, -0.2) is 0 Å². The minimum absolute atomic E-state index is 0.450. The third-order valence-corrected chi connectivity index (χ3v) is 3.87. The molecule has 1 aromatic rings. The third-order valence-electron chi connectivity index (χ3n) is 3.87. The normalized spacial score (nSPS) is 24.4. The summed E-state index contributed by atoms with van der Waals surface area (Å²) in [6, 6.07) is 6.02. The highest BCUT2D eigenvalue weighted by Gasteiger charge is 2.30. The van der Waals surface area contributed by atoms with E-state index >= 15 is 0 Å². The topological polar surface area (TPSA) is 12.0 Å². The fraction of sp³-hybridized carbons (Fsp3) is 0.600. The zero-order valence-corrected chi connectivity index (χ0v) is 11.1. The van der Waals surface area contributed by atoms with Crippen LogP contribution < -0.4 is 5.32 Å². The van der Waals surface area contributed by atoms with Crippen molar-refractivity contribution in [2.24, 2.45) is 5.92 Å². The van der Waals surface area contributed by atoms with Crippen molar-refractivity contribution in [3.8, 4) is 0 Å².